The van der Waals surface area contributed by atoms with Gasteiger partial charge in [-0.1, -0.05) is 89.7 Å². The van der Waals surface area contributed by atoms with E-state index in [4.69, 9.17) is 9.47 Å². The highest BCUT2D eigenvalue weighted by molar-refractivity contribution is 5.80. The van der Waals surface area contributed by atoms with Crippen LogP contribution in [0.25, 0.3) is 0 Å². The van der Waals surface area contributed by atoms with Crippen molar-refractivity contribution in [3.05, 3.63) is 12.2 Å². The van der Waals surface area contributed by atoms with Crippen LogP contribution in [0.2, 0.25) is 0 Å². The summed E-state index contributed by atoms with van der Waals surface area (Å²) >= 11 is 0. The summed E-state index contributed by atoms with van der Waals surface area (Å²) in [6.45, 7) is 3.97. The lowest BCUT2D eigenvalue weighted by atomic mass is 10.1. The number of Topliss-reactive ketones (excluding diaryl/α,β-unsaturated/α-hetero) is 1. The topological polar surface area (TPSA) is 61.8 Å². The molecule has 0 N–H and O–H groups in total. The first kappa shape index (κ1) is 32.8. The Morgan fingerprint density at radius 2 is 1.03 bits per heavy atom. The van der Waals surface area contributed by atoms with E-state index in [9.17, 15) is 9.59 Å². The average molecular weight is 483 g/mol. The van der Waals surface area contributed by atoms with Crippen molar-refractivity contribution in [3.63, 3.8) is 0 Å². The normalized spacial score (nSPS) is 11.4. The monoisotopic (exact) mass is 482 g/mol. The van der Waals surface area contributed by atoms with Crippen LogP contribution in [0.4, 0.5) is 0 Å². The molecule has 34 heavy (non-hydrogen) atoms. The van der Waals surface area contributed by atoms with Gasteiger partial charge in [0.15, 0.2) is 5.78 Å². The third-order valence-corrected chi connectivity index (χ3v) is 5.97. The molecule has 0 aromatic heterocycles. The first-order chi connectivity index (χ1) is 16.7. The number of unbranched alkanes of at least 4 members (excludes halogenated alkanes) is 15. The molecule has 0 heterocycles. The molecule has 0 aliphatic heterocycles. The van der Waals surface area contributed by atoms with E-state index in [2.05, 4.69) is 23.8 Å². The van der Waals surface area contributed by atoms with E-state index < -0.39 is 0 Å². The summed E-state index contributed by atoms with van der Waals surface area (Å²) in [6.07, 6.45) is 26.6. The predicted molar refractivity (Wildman–Crippen MR) is 141 cm³/mol. The largest absolute Gasteiger partial charge is 0.469 e. The average Bonchev–Trinajstić information content (AvgIpc) is 2.84. The molecule has 5 heteroatoms. The molecule has 0 saturated heterocycles. The van der Waals surface area contributed by atoms with Crippen molar-refractivity contribution in [2.24, 2.45) is 0 Å². The second-order valence-corrected chi connectivity index (χ2v) is 9.32. The molecule has 0 aromatic carbocycles. The van der Waals surface area contributed by atoms with Gasteiger partial charge in [-0.2, -0.15) is 0 Å². The molecule has 0 radical (unpaired) electrons. The fraction of sp³-hybridized carbons (Fsp3) is 0.862. The molecule has 0 bridgehead atoms. The van der Waals surface area contributed by atoms with Gasteiger partial charge in [0.1, 0.15) is 13.2 Å². The number of ether oxygens (including phenoxy) is 3. The zero-order valence-corrected chi connectivity index (χ0v) is 22.5. The summed E-state index contributed by atoms with van der Waals surface area (Å²) in [5, 5.41) is 0. The number of ketones is 1. The summed E-state index contributed by atoms with van der Waals surface area (Å²) in [5.41, 5.74) is 0. The predicted octanol–water partition coefficient (Wildman–Crippen LogP) is 7.75. The van der Waals surface area contributed by atoms with E-state index in [1.54, 1.807) is 0 Å². The Labute approximate surface area is 210 Å². The van der Waals surface area contributed by atoms with Crippen LogP contribution in [0.15, 0.2) is 12.2 Å². The number of methoxy groups -OCH3 is 1. The summed E-state index contributed by atoms with van der Waals surface area (Å²) in [4.78, 5) is 22.8. The molecule has 0 aromatic rings. The molecule has 0 aliphatic carbocycles. The summed E-state index contributed by atoms with van der Waals surface area (Å²) in [5.74, 6) is -0.0440. The molecule has 0 atom stereocenters. The maximum absolute atomic E-state index is 11.7. The molecule has 200 valence electrons. The lowest BCUT2D eigenvalue weighted by Crippen LogP contribution is -2.16. The van der Waals surface area contributed by atoms with E-state index in [0.717, 1.165) is 32.1 Å². The molecule has 0 rings (SSSR count). The van der Waals surface area contributed by atoms with Gasteiger partial charge in [-0.3, -0.25) is 9.59 Å². The van der Waals surface area contributed by atoms with Gasteiger partial charge in [-0.15, -0.1) is 0 Å². The summed E-state index contributed by atoms with van der Waals surface area (Å²) in [7, 11) is 1.45. The zero-order valence-electron chi connectivity index (χ0n) is 22.5. The first-order valence-electron chi connectivity index (χ1n) is 14.1. The fourth-order valence-electron chi connectivity index (χ4n) is 3.79. The maximum Gasteiger partial charge on any atom is 0.305 e. The van der Waals surface area contributed by atoms with Gasteiger partial charge in [0.2, 0.25) is 0 Å². The third-order valence-electron chi connectivity index (χ3n) is 5.97. The molecule has 0 aliphatic rings. The van der Waals surface area contributed by atoms with Crippen molar-refractivity contribution < 1.29 is 23.8 Å². The minimum atomic E-state index is -0.0974. The Morgan fingerprint density at radius 1 is 0.588 bits per heavy atom. The number of hydrogen-bond donors (Lipinski definition) is 0. The molecule has 0 fully saturated rings. The Balaban J connectivity index is 3.21. The maximum atomic E-state index is 11.7. The summed E-state index contributed by atoms with van der Waals surface area (Å²) in [6, 6.07) is 0. The molecule has 0 unspecified atom stereocenters. The van der Waals surface area contributed by atoms with Gasteiger partial charge < -0.3 is 14.2 Å². The van der Waals surface area contributed by atoms with Gasteiger partial charge in [-0.05, 0) is 44.9 Å². The third kappa shape index (κ3) is 27.0. The van der Waals surface area contributed by atoms with Crippen molar-refractivity contribution >= 4 is 11.8 Å². The number of allylic oxidation sites excluding steroid dienone is 2. The van der Waals surface area contributed by atoms with Crippen LogP contribution in [0, 0.1) is 0 Å². The van der Waals surface area contributed by atoms with Crippen LogP contribution >= 0.6 is 0 Å². The van der Waals surface area contributed by atoms with Crippen molar-refractivity contribution in [2.75, 3.05) is 33.5 Å². The minimum Gasteiger partial charge on any atom is -0.469 e. The van der Waals surface area contributed by atoms with Crippen LogP contribution in [0.3, 0.4) is 0 Å². The van der Waals surface area contributed by atoms with Crippen LogP contribution in [0.1, 0.15) is 129 Å². The van der Waals surface area contributed by atoms with Crippen molar-refractivity contribution in [1.29, 1.82) is 0 Å². The Morgan fingerprint density at radius 3 is 1.53 bits per heavy atom. The number of carbonyl (C=O) groups is 2. The molecular weight excluding hydrogens is 428 g/mol. The highest BCUT2D eigenvalue weighted by atomic mass is 16.5. The van der Waals surface area contributed by atoms with Crippen LogP contribution < -0.4 is 0 Å². The van der Waals surface area contributed by atoms with Gasteiger partial charge in [0.05, 0.1) is 7.11 Å². The van der Waals surface area contributed by atoms with Gasteiger partial charge in [0, 0.05) is 19.6 Å². The SMILES string of the molecule is CCCCCCCCOCC(=O)COCCCCCCCC/C=C\CCCCCCC(=O)OC. The first-order valence-corrected chi connectivity index (χ1v) is 14.1. The molecule has 0 amide bonds. The van der Waals surface area contributed by atoms with E-state index in [-0.39, 0.29) is 25.0 Å². The number of carbonyl (C=O) groups excluding carboxylic acids is 2. The van der Waals surface area contributed by atoms with E-state index in [0.29, 0.717) is 19.6 Å². The van der Waals surface area contributed by atoms with Gasteiger partial charge >= 0.3 is 5.97 Å². The molecule has 0 saturated carbocycles. The Hall–Kier alpha value is -1.20. The second kappa shape index (κ2) is 28.0. The highest BCUT2D eigenvalue weighted by Gasteiger charge is 2.02. The Bertz CT molecular complexity index is 475. The number of rotatable bonds is 27. The van der Waals surface area contributed by atoms with Gasteiger partial charge in [-0.25, -0.2) is 0 Å². The fourth-order valence-corrected chi connectivity index (χ4v) is 3.79. The van der Waals surface area contributed by atoms with E-state index >= 15 is 0 Å². The van der Waals surface area contributed by atoms with Crippen LogP contribution in [0.5, 0.6) is 0 Å². The van der Waals surface area contributed by atoms with E-state index in [1.807, 2.05) is 0 Å². The lowest BCUT2D eigenvalue weighted by molar-refractivity contribution is -0.140. The standard InChI is InChI=1S/C29H54O5/c1-3-4-5-6-18-21-24-33-26-28(30)27-34-25-22-19-16-14-12-10-8-7-9-11-13-15-17-20-23-29(31)32-2/h7,9H,3-6,8,10-27H2,1-2H3/b9-7-. The zero-order chi connectivity index (χ0) is 25.0. The van der Waals surface area contributed by atoms with Crippen molar-refractivity contribution in [3.8, 4) is 0 Å². The minimum absolute atomic E-state index is 0.0533. The van der Waals surface area contributed by atoms with Crippen molar-refractivity contribution in [1.82, 2.24) is 0 Å². The number of hydrogen-bond acceptors (Lipinski definition) is 5. The molecule has 0 spiro atoms. The summed E-state index contributed by atoms with van der Waals surface area (Å²) < 4.78 is 15.6. The van der Waals surface area contributed by atoms with E-state index in [1.165, 1.54) is 90.6 Å². The van der Waals surface area contributed by atoms with Crippen LogP contribution in [-0.2, 0) is 23.8 Å². The quantitative estimate of drug-likeness (QED) is 0.0680. The number of esters is 1. The second-order valence-electron chi connectivity index (χ2n) is 9.32. The molecular formula is C29H54O5. The highest BCUT2D eigenvalue weighted by Crippen LogP contribution is 2.10. The Kier molecular flexibility index (Phi) is 27.1. The van der Waals surface area contributed by atoms with Crippen molar-refractivity contribution in [2.45, 2.75) is 129 Å². The molecule has 5 nitrogen and oxygen atoms in total. The van der Waals surface area contributed by atoms with Gasteiger partial charge in [0.25, 0.3) is 0 Å². The smallest absolute Gasteiger partial charge is 0.305 e. The lowest BCUT2D eigenvalue weighted by Gasteiger charge is -2.05. The van der Waals surface area contributed by atoms with Crippen LogP contribution in [-0.4, -0.2) is 45.3 Å².